The first-order valence-electron chi connectivity index (χ1n) is 8.85. The number of fused-ring (bicyclic) bond motifs is 3. The van der Waals surface area contributed by atoms with Gasteiger partial charge in [-0.15, -0.1) is 0 Å². The van der Waals surface area contributed by atoms with Crippen LogP contribution in [-0.2, 0) is 4.74 Å². The number of hydrogen-bond acceptors (Lipinski definition) is 5. The van der Waals surface area contributed by atoms with Crippen LogP contribution in [0.5, 0.6) is 0 Å². The summed E-state index contributed by atoms with van der Waals surface area (Å²) in [4.78, 5) is 16.3. The SMILES string of the molecule is CC(C)(C)OC(=O)N1CCC(O)(C2(N)CN3CCC2CC3)CC1. The first-order chi connectivity index (χ1) is 10.6. The lowest BCUT2D eigenvalue weighted by atomic mass is 9.61. The standard InChI is InChI=1S/C17H31N3O3/c1-15(2,3)23-14(21)20-10-6-16(22,7-11-20)17(18)12-19-8-4-13(17)5-9-19/h13,22H,4-12,18H2,1-3H3. The molecule has 4 heterocycles. The Morgan fingerprint density at radius 2 is 1.74 bits per heavy atom. The van der Waals surface area contributed by atoms with E-state index in [0.29, 0.717) is 31.8 Å². The predicted octanol–water partition coefficient (Wildman–Crippen LogP) is 1.17. The Morgan fingerprint density at radius 1 is 1.17 bits per heavy atom. The topological polar surface area (TPSA) is 79.0 Å². The van der Waals surface area contributed by atoms with E-state index in [9.17, 15) is 9.90 Å². The van der Waals surface area contributed by atoms with Crippen LogP contribution in [0.2, 0.25) is 0 Å². The second kappa shape index (κ2) is 5.60. The number of piperidine rings is 4. The quantitative estimate of drug-likeness (QED) is 0.757. The third-order valence-corrected chi connectivity index (χ3v) is 5.91. The maximum Gasteiger partial charge on any atom is 0.410 e. The van der Waals surface area contributed by atoms with Crippen LogP contribution >= 0.6 is 0 Å². The molecule has 4 rings (SSSR count). The molecule has 0 aromatic rings. The van der Waals surface area contributed by atoms with E-state index in [2.05, 4.69) is 4.90 Å². The fourth-order valence-corrected chi connectivity index (χ4v) is 4.48. The van der Waals surface area contributed by atoms with Gasteiger partial charge in [-0.05, 0) is 65.5 Å². The molecule has 4 fully saturated rings. The monoisotopic (exact) mass is 325 g/mol. The van der Waals surface area contributed by atoms with Crippen LogP contribution in [0, 0.1) is 5.92 Å². The summed E-state index contributed by atoms with van der Waals surface area (Å²) in [5.41, 5.74) is 4.84. The molecule has 0 aromatic heterocycles. The van der Waals surface area contributed by atoms with Gasteiger partial charge < -0.3 is 25.4 Å². The summed E-state index contributed by atoms with van der Waals surface area (Å²) in [6, 6.07) is 0. The van der Waals surface area contributed by atoms with Crippen LogP contribution in [0.15, 0.2) is 0 Å². The largest absolute Gasteiger partial charge is 0.444 e. The van der Waals surface area contributed by atoms with Crippen molar-refractivity contribution in [2.75, 3.05) is 32.7 Å². The average Bonchev–Trinajstić information content (AvgIpc) is 2.47. The molecule has 0 aromatic carbocycles. The summed E-state index contributed by atoms with van der Waals surface area (Å²) in [5, 5.41) is 11.3. The lowest BCUT2D eigenvalue weighted by Gasteiger charge is -2.59. The molecule has 4 aliphatic heterocycles. The number of nitrogens with two attached hydrogens (primary N) is 1. The van der Waals surface area contributed by atoms with Gasteiger partial charge in [-0.3, -0.25) is 0 Å². The predicted molar refractivity (Wildman–Crippen MR) is 88.1 cm³/mol. The highest BCUT2D eigenvalue weighted by molar-refractivity contribution is 5.68. The summed E-state index contributed by atoms with van der Waals surface area (Å²) >= 11 is 0. The van der Waals surface area contributed by atoms with E-state index in [1.54, 1.807) is 4.90 Å². The van der Waals surface area contributed by atoms with Gasteiger partial charge in [0, 0.05) is 19.6 Å². The van der Waals surface area contributed by atoms with Crippen molar-refractivity contribution in [2.24, 2.45) is 11.7 Å². The van der Waals surface area contributed by atoms with Crippen LogP contribution < -0.4 is 5.73 Å². The third-order valence-electron chi connectivity index (χ3n) is 5.91. The van der Waals surface area contributed by atoms with E-state index in [0.717, 1.165) is 32.5 Å². The van der Waals surface area contributed by atoms with E-state index < -0.39 is 16.7 Å². The molecule has 0 spiro atoms. The maximum atomic E-state index is 12.2. The fourth-order valence-electron chi connectivity index (χ4n) is 4.48. The minimum absolute atomic E-state index is 0.292. The van der Waals surface area contributed by atoms with Crippen molar-refractivity contribution >= 4 is 6.09 Å². The average molecular weight is 325 g/mol. The smallest absolute Gasteiger partial charge is 0.410 e. The number of carbonyl (C=O) groups is 1. The molecule has 4 saturated heterocycles. The maximum absolute atomic E-state index is 12.2. The van der Waals surface area contributed by atoms with Crippen molar-refractivity contribution < 1.29 is 14.6 Å². The van der Waals surface area contributed by atoms with Crippen LogP contribution in [0.1, 0.15) is 46.5 Å². The van der Waals surface area contributed by atoms with Gasteiger partial charge in [-0.1, -0.05) is 0 Å². The fraction of sp³-hybridized carbons (Fsp3) is 0.941. The van der Waals surface area contributed by atoms with Gasteiger partial charge in [0.05, 0.1) is 11.1 Å². The summed E-state index contributed by atoms with van der Waals surface area (Å²) in [6.45, 7) is 9.61. The molecular weight excluding hydrogens is 294 g/mol. The minimum Gasteiger partial charge on any atom is -0.444 e. The summed E-state index contributed by atoms with van der Waals surface area (Å²) in [6.07, 6.45) is 2.93. The van der Waals surface area contributed by atoms with E-state index in [4.69, 9.17) is 10.5 Å². The summed E-state index contributed by atoms with van der Waals surface area (Å²) < 4.78 is 5.43. The molecule has 2 bridgehead atoms. The van der Waals surface area contributed by atoms with Crippen molar-refractivity contribution in [3.8, 4) is 0 Å². The normalized spacial score (nSPS) is 36.8. The number of nitrogens with zero attached hydrogens (tertiary/aromatic N) is 2. The Hall–Kier alpha value is -0.850. The molecule has 1 atom stereocenters. The van der Waals surface area contributed by atoms with Crippen molar-refractivity contribution in [3.05, 3.63) is 0 Å². The zero-order chi connectivity index (χ0) is 16.9. The van der Waals surface area contributed by atoms with Gasteiger partial charge >= 0.3 is 6.09 Å². The van der Waals surface area contributed by atoms with Gasteiger partial charge in [0.1, 0.15) is 5.60 Å². The zero-order valence-corrected chi connectivity index (χ0v) is 14.7. The molecule has 6 heteroatoms. The van der Waals surface area contributed by atoms with Crippen molar-refractivity contribution in [1.29, 1.82) is 0 Å². The molecule has 23 heavy (non-hydrogen) atoms. The number of aliphatic hydroxyl groups is 1. The Labute approximate surface area is 138 Å². The van der Waals surface area contributed by atoms with E-state index in [-0.39, 0.29) is 6.09 Å². The van der Waals surface area contributed by atoms with Crippen LogP contribution in [0.25, 0.3) is 0 Å². The first-order valence-corrected chi connectivity index (χ1v) is 8.85. The number of carbonyl (C=O) groups excluding carboxylic acids is 1. The van der Waals surface area contributed by atoms with Gasteiger partial charge in [0.2, 0.25) is 0 Å². The molecule has 4 aliphatic rings. The summed E-state index contributed by atoms with van der Waals surface area (Å²) in [5.74, 6) is 0.394. The van der Waals surface area contributed by atoms with Crippen molar-refractivity contribution in [2.45, 2.75) is 63.2 Å². The molecule has 132 valence electrons. The Morgan fingerprint density at radius 3 is 2.17 bits per heavy atom. The Balaban J connectivity index is 1.64. The van der Waals surface area contributed by atoms with Gasteiger partial charge in [-0.2, -0.15) is 0 Å². The van der Waals surface area contributed by atoms with Crippen molar-refractivity contribution in [1.82, 2.24) is 9.80 Å². The minimum atomic E-state index is -0.880. The van der Waals surface area contributed by atoms with E-state index in [1.165, 1.54) is 0 Å². The number of ether oxygens (including phenoxy) is 1. The molecular formula is C17H31N3O3. The van der Waals surface area contributed by atoms with E-state index in [1.807, 2.05) is 20.8 Å². The van der Waals surface area contributed by atoms with Gasteiger partial charge in [-0.25, -0.2) is 4.79 Å². The van der Waals surface area contributed by atoms with Crippen LogP contribution in [0.4, 0.5) is 4.79 Å². The first kappa shape index (κ1) is 17.0. The highest BCUT2D eigenvalue weighted by Gasteiger charge is 2.57. The molecule has 0 aliphatic carbocycles. The number of likely N-dealkylation sites (tertiary alicyclic amines) is 1. The molecule has 0 saturated carbocycles. The molecule has 6 nitrogen and oxygen atoms in total. The highest BCUT2D eigenvalue weighted by Crippen LogP contribution is 2.44. The van der Waals surface area contributed by atoms with Crippen molar-refractivity contribution in [3.63, 3.8) is 0 Å². The summed E-state index contributed by atoms with van der Waals surface area (Å²) in [7, 11) is 0. The van der Waals surface area contributed by atoms with Crippen LogP contribution in [0.3, 0.4) is 0 Å². The van der Waals surface area contributed by atoms with Crippen LogP contribution in [-0.4, -0.2) is 70.5 Å². The number of amides is 1. The molecule has 0 radical (unpaired) electrons. The Kier molecular flexibility index (Phi) is 4.14. The second-order valence-corrected chi connectivity index (χ2v) is 8.59. The third kappa shape index (κ3) is 3.08. The molecule has 3 N–H and O–H groups in total. The molecule has 1 unspecified atom stereocenters. The lowest BCUT2D eigenvalue weighted by Crippen LogP contribution is -2.76. The lowest BCUT2D eigenvalue weighted by molar-refractivity contribution is -0.139. The van der Waals surface area contributed by atoms with E-state index >= 15 is 0 Å². The highest BCUT2D eigenvalue weighted by atomic mass is 16.6. The van der Waals surface area contributed by atoms with Gasteiger partial charge in [0.25, 0.3) is 0 Å². The number of hydrogen-bond donors (Lipinski definition) is 2. The molecule has 1 amide bonds. The zero-order valence-electron chi connectivity index (χ0n) is 14.7. The Bertz CT molecular complexity index is 460. The second-order valence-electron chi connectivity index (χ2n) is 8.59. The van der Waals surface area contributed by atoms with Gasteiger partial charge in [0.15, 0.2) is 0 Å². The number of rotatable bonds is 1.